The number of hydrogen-bond acceptors (Lipinski definition) is 6. The normalized spacial score (nSPS) is 17.8. The number of Topliss-reactive ketones (excluding diaryl/α,β-unsaturated/α-hetero) is 1. The molecule has 7 nitrogen and oxygen atoms in total. The number of ether oxygens (including phenoxy) is 3. The fourth-order valence-electron chi connectivity index (χ4n) is 3.80. The van der Waals surface area contributed by atoms with Crippen molar-refractivity contribution in [3.63, 3.8) is 0 Å². The molecule has 1 fully saturated rings. The van der Waals surface area contributed by atoms with Gasteiger partial charge in [0.1, 0.15) is 17.3 Å². The van der Waals surface area contributed by atoms with E-state index in [1.807, 2.05) is 26.8 Å². The van der Waals surface area contributed by atoms with Gasteiger partial charge in [0.05, 0.1) is 37.0 Å². The highest BCUT2D eigenvalue weighted by molar-refractivity contribution is 6.46. The van der Waals surface area contributed by atoms with Crippen molar-refractivity contribution in [2.45, 2.75) is 32.9 Å². The zero-order chi connectivity index (χ0) is 23.4. The van der Waals surface area contributed by atoms with Gasteiger partial charge in [-0.25, -0.2) is 0 Å². The molecule has 7 heteroatoms. The van der Waals surface area contributed by atoms with Gasteiger partial charge in [0.15, 0.2) is 0 Å². The second kappa shape index (κ2) is 9.87. The number of amides is 1. The Morgan fingerprint density at radius 1 is 1.09 bits per heavy atom. The third kappa shape index (κ3) is 4.62. The zero-order valence-electron chi connectivity index (χ0n) is 19.0. The summed E-state index contributed by atoms with van der Waals surface area (Å²) in [5, 5.41) is 11.2. The molecule has 1 heterocycles. The van der Waals surface area contributed by atoms with Crippen molar-refractivity contribution in [1.29, 1.82) is 0 Å². The molecule has 0 aromatic heterocycles. The largest absolute Gasteiger partial charge is 0.507 e. The van der Waals surface area contributed by atoms with Gasteiger partial charge in [-0.15, -0.1) is 0 Å². The first-order valence-corrected chi connectivity index (χ1v) is 10.5. The van der Waals surface area contributed by atoms with Crippen molar-refractivity contribution in [3.8, 4) is 11.5 Å². The van der Waals surface area contributed by atoms with Crippen LogP contribution in [0.2, 0.25) is 0 Å². The predicted molar refractivity (Wildman–Crippen MR) is 121 cm³/mol. The second-order valence-electron chi connectivity index (χ2n) is 7.92. The molecular formula is C25H29NO6. The topological polar surface area (TPSA) is 85.3 Å². The minimum Gasteiger partial charge on any atom is -0.507 e. The predicted octanol–water partition coefficient (Wildman–Crippen LogP) is 3.86. The number of likely N-dealkylation sites (tertiary alicyclic amines) is 1. The molecule has 0 radical (unpaired) electrons. The van der Waals surface area contributed by atoms with Crippen LogP contribution in [0.25, 0.3) is 5.76 Å². The van der Waals surface area contributed by atoms with Crippen LogP contribution >= 0.6 is 0 Å². The minimum absolute atomic E-state index is 0.0157. The Labute approximate surface area is 188 Å². The summed E-state index contributed by atoms with van der Waals surface area (Å²) in [7, 11) is 3.02. The third-order valence-corrected chi connectivity index (χ3v) is 5.25. The van der Waals surface area contributed by atoms with Crippen LogP contribution in [0.1, 0.15) is 36.6 Å². The molecule has 1 unspecified atom stereocenters. The number of benzene rings is 2. The van der Waals surface area contributed by atoms with Crippen molar-refractivity contribution in [2.75, 3.05) is 27.4 Å². The van der Waals surface area contributed by atoms with Gasteiger partial charge in [0.25, 0.3) is 11.7 Å². The van der Waals surface area contributed by atoms with E-state index in [4.69, 9.17) is 14.2 Å². The molecule has 1 amide bonds. The maximum absolute atomic E-state index is 13.1. The van der Waals surface area contributed by atoms with Gasteiger partial charge in [-0.2, -0.15) is 0 Å². The molecule has 2 aromatic rings. The Bertz CT molecular complexity index is 1030. The van der Waals surface area contributed by atoms with E-state index in [0.29, 0.717) is 22.6 Å². The molecule has 1 aliphatic heterocycles. The first-order valence-electron chi connectivity index (χ1n) is 10.5. The van der Waals surface area contributed by atoms with Crippen LogP contribution in [0.15, 0.2) is 48.0 Å². The average Bonchev–Trinajstić information content (AvgIpc) is 3.02. The molecule has 32 heavy (non-hydrogen) atoms. The lowest BCUT2D eigenvalue weighted by Gasteiger charge is -2.25. The number of rotatable bonds is 8. The Hall–Kier alpha value is -3.32. The molecular weight excluding hydrogens is 410 g/mol. The maximum atomic E-state index is 13.1. The van der Waals surface area contributed by atoms with Crippen LogP contribution in [0, 0.1) is 6.92 Å². The summed E-state index contributed by atoms with van der Waals surface area (Å²) < 4.78 is 16.2. The summed E-state index contributed by atoms with van der Waals surface area (Å²) >= 11 is 0. The number of aliphatic hydroxyl groups excluding tert-OH is 1. The summed E-state index contributed by atoms with van der Waals surface area (Å²) in [5.74, 6) is -0.595. The third-order valence-electron chi connectivity index (χ3n) is 5.25. The number of aryl methyl sites for hydroxylation is 1. The maximum Gasteiger partial charge on any atom is 0.295 e. The fraction of sp³-hybridized carbons (Fsp3) is 0.360. The molecule has 1 aliphatic rings. The molecule has 3 rings (SSSR count). The first kappa shape index (κ1) is 23.3. The van der Waals surface area contributed by atoms with Crippen molar-refractivity contribution in [2.24, 2.45) is 0 Å². The van der Waals surface area contributed by atoms with E-state index < -0.39 is 17.7 Å². The van der Waals surface area contributed by atoms with Gasteiger partial charge in [-0.3, -0.25) is 9.59 Å². The van der Waals surface area contributed by atoms with Gasteiger partial charge in [-0.1, -0.05) is 23.8 Å². The van der Waals surface area contributed by atoms with E-state index in [1.165, 1.54) is 19.1 Å². The number of hydrogen-bond donors (Lipinski definition) is 1. The van der Waals surface area contributed by atoms with Gasteiger partial charge in [-0.05, 0) is 50.6 Å². The lowest BCUT2D eigenvalue weighted by atomic mass is 9.94. The number of ketones is 1. The summed E-state index contributed by atoms with van der Waals surface area (Å²) in [5.41, 5.74) is 1.95. The Balaban J connectivity index is 2.16. The monoisotopic (exact) mass is 439 g/mol. The summed E-state index contributed by atoms with van der Waals surface area (Å²) in [6.45, 7) is 6.20. The number of nitrogens with zero attached hydrogens (tertiary/aromatic N) is 1. The van der Waals surface area contributed by atoms with Crippen LogP contribution in [-0.2, 0) is 14.3 Å². The van der Waals surface area contributed by atoms with Crippen LogP contribution in [0.4, 0.5) is 0 Å². The van der Waals surface area contributed by atoms with E-state index in [9.17, 15) is 14.7 Å². The Morgan fingerprint density at radius 3 is 2.38 bits per heavy atom. The Morgan fingerprint density at radius 2 is 1.78 bits per heavy atom. The van der Waals surface area contributed by atoms with Gasteiger partial charge in [0.2, 0.25) is 0 Å². The highest BCUT2D eigenvalue weighted by Crippen LogP contribution is 2.41. The smallest absolute Gasteiger partial charge is 0.295 e. The molecule has 2 aromatic carbocycles. The number of methoxy groups -OCH3 is 2. The van der Waals surface area contributed by atoms with E-state index in [2.05, 4.69) is 0 Å². The molecule has 0 saturated carbocycles. The van der Waals surface area contributed by atoms with E-state index in [-0.39, 0.29) is 30.6 Å². The van der Waals surface area contributed by atoms with Gasteiger partial charge < -0.3 is 24.2 Å². The van der Waals surface area contributed by atoms with E-state index >= 15 is 0 Å². The number of carbonyl (C=O) groups is 2. The lowest BCUT2D eigenvalue weighted by Crippen LogP contribution is -2.32. The standard InChI is InChI=1S/C25H29NO6/c1-15(2)32-18-9-7-17(8-10-18)22-21(24(28)25(29)26(22)12-13-30-4)23(27)19-14-16(3)6-11-20(19)31-5/h6-11,14-15,22,27H,12-13H2,1-5H3/b23-21+. The minimum atomic E-state index is -0.761. The van der Waals surface area contributed by atoms with Gasteiger partial charge >= 0.3 is 0 Å². The first-order chi connectivity index (χ1) is 15.3. The highest BCUT2D eigenvalue weighted by atomic mass is 16.5. The molecule has 170 valence electrons. The van der Waals surface area contributed by atoms with Crippen molar-refractivity contribution in [1.82, 2.24) is 4.90 Å². The number of carbonyl (C=O) groups excluding carboxylic acids is 2. The van der Waals surface area contributed by atoms with Crippen molar-refractivity contribution < 1.29 is 28.9 Å². The molecule has 0 bridgehead atoms. The Kier molecular flexibility index (Phi) is 7.20. The van der Waals surface area contributed by atoms with Crippen LogP contribution in [-0.4, -0.2) is 55.2 Å². The number of aliphatic hydroxyl groups is 1. The molecule has 1 N–H and O–H groups in total. The van der Waals surface area contributed by atoms with Crippen molar-refractivity contribution in [3.05, 3.63) is 64.7 Å². The molecule has 0 spiro atoms. The van der Waals surface area contributed by atoms with Crippen LogP contribution in [0.5, 0.6) is 11.5 Å². The lowest BCUT2D eigenvalue weighted by molar-refractivity contribution is -0.140. The summed E-state index contributed by atoms with van der Waals surface area (Å²) in [6, 6.07) is 11.7. The van der Waals surface area contributed by atoms with Crippen molar-refractivity contribution >= 4 is 17.4 Å². The quantitative estimate of drug-likeness (QED) is 0.382. The summed E-state index contributed by atoms with van der Waals surface area (Å²) in [6.07, 6.45) is 0.0157. The average molecular weight is 440 g/mol. The zero-order valence-corrected chi connectivity index (χ0v) is 19.0. The molecule has 0 aliphatic carbocycles. The SMILES string of the molecule is COCCN1C(=O)C(=O)/C(=C(/O)c2cc(C)ccc2OC)C1c1ccc(OC(C)C)cc1. The fourth-order valence-corrected chi connectivity index (χ4v) is 3.80. The van der Waals surface area contributed by atoms with Crippen LogP contribution in [0.3, 0.4) is 0 Å². The highest BCUT2D eigenvalue weighted by Gasteiger charge is 2.46. The van der Waals surface area contributed by atoms with E-state index in [0.717, 1.165) is 5.56 Å². The second-order valence-corrected chi connectivity index (χ2v) is 7.92. The van der Waals surface area contributed by atoms with E-state index in [1.54, 1.807) is 36.4 Å². The summed E-state index contributed by atoms with van der Waals surface area (Å²) in [4.78, 5) is 27.4. The molecule has 1 atom stereocenters. The van der Waals surface area contributed by atoms with Crippen LogP contribution < -0.4 is 9.47 Å². The molecule has 1 saturated heterocycles. The van der Waals surface area contributed by atoms with Gasteiger partial charge in [0, 0.05) is 13.7 Å².